The summed E-state index contributed by atoms with van der Waals surface area (Å²) in [6.07, 6.45) is 1.53. The van der Waals surface area contributed by atoms with E-state index in [2.05, 4.69) is 64.2 Å². The Morgan fingerprint density at radius 3 is 2.32 bits per heavy atom. The molecule has 0 atom stereocenters. The van der Waals surface area contributed by atoms with Gasteiger partial charge >= 0.3 is 49.4 Å². The van der Waals surface area contributed by atoms with Crippen molar-refractivity contribution in [1.29, 1.82) is 5.26 Å². The molecule has 25 heavy (non-hydrogen) atoms. The van der Waals surface area contributed by atoms with Gasteiger partial charge in [-0.2, -0.15) is 5.26 Å². The van der Waals surface area contributed by atoms with Crippen LogP contribution in [0.3, 0.4) is 0 Å². The second-order valence-corrected chi connectivity index (χ2v) is 18.5. The zero-order valence-electron chi connectivity index (χ0n) is 13.5. The number of ether oxygens (including phenoxy) is 1. The standard InChI is InChI=1S/C18H18N2OS.2HI.V/c19-13-18(8-10-21-11-9-18)14-2-1-3-17(12-14)22-16-6-4-15(20)5-7-16;;;/h1-7,12H,8-11,20H2;2*1H;/q;;;+2/p-2. The molecule has 0 amide bonds. The number of nitrogens with zero attached hydrogens (tertiary/aromatic N) is 1. The van der Waals surface area contributed by atoms with E-state index in [1.807, 2.05) is 30.3 Å². The molecule has 0 aliphatic carbocycles. The van der Waals surface area contributed by atoms with Crippen LogP contribution in [0.25, 0.3) is 0 Å². The molecule has 1 saturated heterocycles. The zero-order valence-corrected chi connectivity index (χ0v) is 20.0. The molecule has 2 aromatic rings. The Kier molecular flexibility index (Phi) is 9.45. The van der Waals surface area contributed by atoms with Crippen molar-refractivity contribution in [2.45, 2.75) is 28.0 Å². The first-order chi connectivity index (χ1) is 12.1. The third kappa shape index (κ3) is 6.33. The molecule has 131 valence electrons. The van der Waals surface area contributed by atoms with Crippen LogP contribution in [0.2, 0.25) is 0 Å². The van der Waals surface area contributed by atoms with E-state index in [-0.39, 0.29) is 0 Å². The Hall–Kier alpha value is 0.0844. The first-order valence-corrected chi connectivity index (χ1v) is 17.5. The first kappa shape index (κ1) is 21.4. The van der Waals surface area contributed by atoms with Gasteiger partial charge in [0.2, 0.25) is 0 Å². The second kappa shape index (κ2) is 11.0. The third-order valence-corrected chi connectivity index (χ3v) is 5.06. The van der Waals surface area contributed by atoms with Crippen LogP contribution in [0.5, 0.6) is 0 Å². The number of nitriles is 1. The average Bonchev–Trinajstić information content (AvgIpc) is 2.65. The predicted molar refractivity (Wildman–Crippen MR) is 117 cm³/mol. The van der Waals surface area contributed by atoms with E-state index in [4.69, 9.17) is 10.5 Å². The molecule has 0 radical (unpaired) electrons. The van der Waals surface area contributed by atoms with E-state index >= 15 is 0 Å². The van der Waals surface area contributed by atoms with Crippen LogP contribution in [0.1, 0.15) is 18.4 Å². The molecule has 7 heteroatoms. The predicted octanol–water partition coefficient (Wildman–Crippen LogP) is 5.76. The van der Waals surface area contributed by atoms with Gasteiger partial charge in [0.15, 0.2) is 0 Å². The molecule has 0 bridgehead atoms. The minimum atomic E-state index is -0.407. The zero-order chi connectivity index (χ0) is 18.1. The maximum absolute atomic E-state index is 9.68. The number of hydrogen-bond donors (Lipinski definition) is 1. The van der Waals surface area contributed by atoms with Crippen molar-refractivity contribution in [1.82, 2.24) is 0 Å². The van der Waals surface area contributed by atoms with Gasteiger partial charge in [0.1, 0.15) is 0 Å². The summed E-state index contributed by atoms with van der Waals surface area (Å²) in [7, 11) is 0.628. The summed E-state index contributed by atoms with van der Waals surface area (Å²) in [5, 5.41) is 9.68. The van der Waals surface area contributed by atoms with Crippen molar-refractivity contribution < 1.29 is 14.2 Å². The molecule has 2 N–H and O–H groups in total. The molecule has 0 spiro atoms. The van der Waals surface area contributed by atoms with E-state index < -0.39 is 5.41 Å². The molecule has 3 rings (SSSR count). The molecular formula is C18H18I2N2OSV. The van der Waals surface area contributed by atoms with Crippen molar-refractivity contribution in [3.8, 4) is 6.07 Å². The van der Waals surface area contributed by atoms with Crippen LogP contribution in [0, 0.1) is 11.3 Å². The summed E-state index contributed by atoms with van der Waals surface area (Å²) in [6.45, 7) is 1.31. The average molecular weight is 615 g/mol. The summed E-state index contributed by atoms with van der Waals surface area (Å²) >= 11 is 6.42. The maximum atomic E-state index is 9.68. The Labute approximate surface area is 182 Å². The normalized spacial score (nSPS) is 15.4. The molecule has 1 heterocycles. The van der Waals surface area contributed by atoms with Crippen LogP contribution in [0.4, 0.5) is 5.69 Å². The Bertz CT molecular complexity index is 716. The summed E-state index contributed by atoms with van der Waals surface area (Å²) in [5.41, 5.74) is 7.18. The number of nitrogens with two attached hydrogens (primary N) is 1. The topological polar surface area (TPSA) is 59.0 Å². The number of hydrogen-bond acceptors (Lipinski definition) is 4. The van der Waals surface area contributed by atoms with Crippen LogP contribution < -0.4 is 5.73 Å². The van der Waals surface area contributed by atoms with Gasteiger partial charge in [-0.25, -0.2) is 0 Å². The van der Waals surface area contributed by atoms with Gasteiger partial charge < -0.3 is 10.5 Å². The van der Waals surface area contributed by atoms with Gasteiger partial charge in [-0.05, 0) is 54.8 Å². The first-order valence-electron chi connectivity index (χ1n) is 7.69. The molecule has 1 aliphatic heterocycles. The van der Waals surface area contributed by atoms with Crippen molar-refractivity contribution in [2.75, 3.05) is 18.9 Å². The fourth-order valence-corrected chi connectivity index (χ4v) is 3.59. The Morgan fingerprint density at radius 1 is 1.08 bits per heavy atom. The fourth-order valence-electron chi connectivity index (χ4n) is 2.71. The molecule has 1 fully saturated rings. The number of rotatable bonds is 3. The van der Waals surface area contributed by atoms with Crippen LogP contribution >= 0.6 is 51.7 Å². The van der Waals surface area contributed by atoms with E-state index in [1.54, 1.807) is 11.8 Å². The van der Waals surface area contributed by atoms with E-state index in [0.717, 1.165) is 33.9 Å². The number of nitrogen functional groups attached to an aromatic ring is 1. The van der Waals surface area contributed by atoms with Gasteiger partial charge in [0.05, 0.1) is 11.5 Å². The number of benzene rings is 2. The SMILES string of the molecule is N#CC1(c2cccc(Sc3ccc(N)cc3)c2)CCOCC1.[I][V][I]. The van der Waals surface area contributed by atoms with E-state index in [9.17, 15) is 5.26 Å². The second-order valence-electron chi connectivity index (χ2n) is 5.57. The summed E-state index contributed by atoms with van der Waals surface area (Å²) in [4.78, 5) is 2.28. The molecular weight excluding hydrogens is 597 g/mol. The van der Waals surface area contributed by atoms with Crippen molar-refractivity contribution in [3.05, 3.63) is 54.1 Å². The van der Waals surface area contributed by atoms with Gasteiger partial charge in [-0.3, -0.25) is 0 Å². The van der Waals surface area contributed by atoms with Crippen molar-refractivity contribution >= 4 is 57.4 Å². The quantitative estimate of drug-likeness (QED) is 0.353. The molecule has 0 saturated carbocycles. The summed E-state index contributed by atoms with van der Waals surface area (Å²) < 4.78 is 5.42. The molecule has 3 nitrogen and oxygen atoms in total. The van der Waals surface area contributed by atoms with Gasteiger partial charge in [0, 0.05) is 28.7 Å². The minimum absolute atomic E-state index is 0.407. The monoisotopic (exact) mass is 615 g/mol. The van der Waals surface area contributed by atoms with E-state index in [1.165, 1.54) is 0 Å². The molecule has 0 aromatic heterocycles. The van der Waals surface area contributed by atoms with Crippen LogP contribution in [-0.2, 0) is 19.6 Å². The third-order valence-electron chi connectivity index (χ3n) is 4.06. The van der Waals surface area contributed by atoms with E-state index in [0.29, 0.717) is 22.7 Å². The van der Waals surface area contributed by atoms with Gasteiger partial charge in [-0.15, -0.1) is 0 Å². The Balaban J connectivity index is 0.000000701. The Morgan fingerprint density at radius 2 is 1.72 bits per heavy atom. The van der Waals surface area contributed by atoms with Crippen molar-refractivity contribution in [2.24, 2.45) is 0 Å². The van der Waals surface area contributed by atoms with Gasteiger partial charge in [0.25, 0.3) is 0 Å². The molecule has 1 aliphatic rings. The van der Waals surface area contributed by atoms with Crippen LogP contribution in [0.15, 0.2) is 58.3 Å². The summed E-state index contributed by atoms with van der Waals surface area (Å²) in [6, 6.07) is 18.7. The molecule has 0 unspecified atom stereocenters. The summed E-state index contributed by atoms with van der Waals surface area (Å²) in [5.74, 6) is 0. The number of halogens is 2. The fraction of sp³-hybridized carbons (Fsp3) is 0.278. The van der Waals surface area contributed by atoms with Gasteiger partial charge in [-0.1, -0.05) is 23.9 Å². The number of anilines is 1. The van der Waals surface area contributed by atoms with Crippen molar-refractivity contribution in [3.63, 3.8) is 0 Å². The molecule has 2 aromatic carbocycles. The van der Waals surface area contributed by atoms with Crippen LogP contribution in [-0.4, -0.2) is 13.2 Å².